The van der Waals surface area contributed by atoms with E-state index in [1.807, 2.05) is 0 Å². The highest BCUT2D eigenvalue weighted by Gasteiger charge is 2.31. The van der Waals surface area contributed by atoms with Gasteiger partial charge in [0.25, 0.3) is 0 Å². The van der Waals surface area contributed by atoms with Crippen LogP contribution in [0, 0.1) is 12.7 Å². The number of sulfonamides is 1. The summed E-state index contributed by atoms with van der Waals surface area (Å²) in [6.45, 7) is 2.53. The molecule has 2 rings (SSSR count). The zero-order valence-corrected chi connectivity index (χ0v) is 12.4. The Morgan fingerprint density at radius 1 is 1.29 bits per heavy atom. The van der Waals surface area contributed by atoms with Crippen LogP contribution in [0.15, 0.2) is 23.1 Å². The lowest BCUT2D eigenvalue weighted by molar-refractivity contribution is -0.138. The van der Waals surface area contributed by atoms with Gasteiger partial charge in [-0.15, -0.1) is 0 Å². The first-order valence-electron chi connectivity index (χ1n) is 6.51. The topological polar surface area (TPSA) is 77.9 Å². The third-order valence-corrected chi connectivity index (χ3v) is 5.31. The van der Waals surface area contributed by atoms with Gasteiger partial charge in [0.05, 0.1) is 6.54 Å². The van der Waals surface area contributed by atoms with Crippen LogP contribution < -0.4 is 0 Å². The van der Waals surface area contributed by atoms with Gasteiger partial charge in [-0.2, -0.15) is 4.31 Å². The van der Waals surface area contributed by atoms with Gasteiger partial charge in [-0.05, 0) is 24.6 Å². The average molecular weight is 316 g/mol. The summed E-state index contributed by atoms with van der Waals surface area (Å²) in [7, 11) is -3.88. The van der Waals surface area contributed by atoms with Crippen molar-refractivity contribution in [2.45, 2.75) is 11.8 Å². The molecule has 0 unspecified atom stereocenters. The van der Waals surface area contributed by atoms with Crippen LogP contribution in [0.3, 0.4) is 0 Å². The fourth-order valence-electron chi connectivity index (χ4n) is 2.27. The zero-order valence-electron chi connectivity index (χ0n) is 11.6. The van der Waals surface area contributed by atoms with Crippen molar-refractivity contribution in [3.8, 4) is 0 Å². The number of hydrogen-bond donors (Lipinski definition) is 1. The molecule has 0 amide bonds. The fourth-order valence-corrected chi connectivity index (χ4v) is 3.84. The molecule has 0 saturated carbocycles. The molecule has 0 atom stereocenters. The Bertz CT molecular complexity index is 640. The van der Waals surface area contributed by atoms with Crippen molar-refractivity contribution in [2.75, 3.05) is 32.7 Å². The Hall–Kier alpha value is -1.51. The molecule has 0 bridgehead atoms. The van der Waals surface area contributed by atoms with Gasteiger partial charge in [0, 0.05) is 26.2 Å². The molecule has 0 aromatic heterocycles. The summed E-state index contributed by atoms with van der Waals surface area (Å²) in [5.41, 5.74) is 0.666. The van der Waals surface area contributed by atoms with Crippen molar-refractivity contribution >= 4 is 16.0 Å². The second-order valence-corrected chi connectivity index (χ2v) is 6.91. The first kappa shape index (κ1) is 15.9. The Kier molecular flexibility index (Phi) is 4.60. The highest BCUT2D eigenvalue weighted by molar-refractivity contribution is 7.89. The molecule has 1 heterocycles. The summed E-state index contributed by atoms with van der Waals surface area (Å²) in [6.07, 6.45) is 0. The van der Waals surface area contributed by atoms with E-state index in [0.29, 0.717) is 18.7 Å². The van der Waals surface area contributed by atoms with Crippen molar-refractivity contribution in [1.29, 1.82) is 0 Å². The Balaban J connectivity index is 2.15. The van der Waals surface area contributed by atoms with Crippen molar-refractivity contribution in [3.63, 3.8) is 0 Å². The monoisotopic (exact) mass is 316 g/mol. The van der Waals surface area contributed by atoms with E-state index in [1.165, 1.54) is 16.4 Å². The first-order valence-corrected chi connectivity index (χ1v) is 7.95. The summed E-state index contributed by atoms with van der Waals surface area (Å²) in [5, 5.41) is 8.71. The molecule has 0 aliphatic carbocycles. The predicted molar refractivity (Wildman–Crippen MR) is 74.0 cm³/mol. The fraction of sp³-hybridized carbons (Fsp3) is 0.462. The van der Waals surface area contributed by atoms with Crippen LogP contribution in [0.2, 0.25) is 0 Å². The number of hydrogen-bond acceptors (Lipinski definition) is 4. The average Bonchev–Trinajstić information content (AvgIpc) is 2.41. The number of benzene rings is 1. The number of halogens is 1. The minimum Gasteiger partial charge on any atom is -0.480 e. The maximum Gasteiger partial charge on any atom is 0.317 e. The maximum absolute atomic E-state index is 13.8. The van der Waals surface area contributed by atoms with Gasteiger partial charge >= 0.3 is 5.97 Å². The van der Waals surface area contributed by atoms with E-state index in [0.717, 1.165) is 6.07 Å². The van der Waals surface area contributed by atoms with Crippen molar-refractivity contribution in [1.82, 2.24) is 9.21 Å². The number of rotatable bonds is 4. The summed E-state index contributed by atoms with van der Waals surface area (Å²) < 4.78 is 39.9. The molecule has 21 heavy (non-hydrogen) atoms. The molecule has 1 fully saturated rings. The van der Waals surface area contributed by atoms with Gasteiger partial charge in [0.1, 0.15) is 10.7 Å². The second kappa shape index (κ2) is 6.08. The van der Waals surface area contributed by atoms with Crippen LogP contribution in [0.4, 0.5) is 4.39 Å². The third kappa shape index (κ3) is 3.58. The maximum atomic E-state index is 13.8. The molecule has 1 aromatic carbocycles. The highest BCUT2D eigenvalue weighted by Crippen LogP contribution is 2.21. The van der Waals surface area contributed by atoms with Crippen molar-refractivity contribution in [2.24, 2.45) is 0 Å². The molecule has 116 valence electrons. The van der Waals surface area contributed by atoms with E-state index >= 15 is 0 Å². The number of carboxylic acids is 1. The van der Waals surface area contributed by atoms with E-state index in [9.17, 15) is 17.6 Å². The number of carboxylic acid groups (broad SMARTS) is 1. The molecule has 1 aromatic rings. The van der Waals surface area contributed by atoms with Gasteiger partial charge in [-0.1, -0.05) is 6.07 Å². The lowest BCUT2D eigenvalue weighted by atomic mass is 10.2. The molecule has 1 aliphatic heterocycles. The Morgan fingerprint density at radius 2 is 1.90 bits per heavy atom. The van der Waals surface area contributed by atoms with E-state index in [-0.39, 0.29) is 24.5 Å². The highest BCUT2D eigenvalue weighted by atomic mass is 32.2. The van der Waals surface area contributed by atoms with E-state index in [4.69, 9.17) is 5.11 Å². The van der Waals surface area contributed by atoms with Crippen molar-refractivity contribution < 1.29 is 22.7 Å². The minimum atomic E-state index is -3.88. The number of nitrogens with zero attached hydrogens (tertiary/aromatic N) is 2. The summed E-state index contributed by atoms with van der Waals surface area (Å²) in [4.78, 5) is 12.0. The third-order valence-electron chi connectivity index (χ3n) is 3.39. The van der Waals surface area contributed by atoms with Gasteiger partial charge in [-0.25, -0.2) is 12.8 Å². The molecule has 1 N–H and O–H groups in total. The molecule has 0 spiro atoms. The van der Waals surface area contributed by atoms with Crippen LogP contribution in [0.1, 0.15) is 5.56 Å². The molecule has 8 heteroatoms. The van der Waals surface area contributed by atoms with Crippen LogP contribution in [-0.4, -0.2) is 61.4 Å². The Morgan fingerprint density at radius 3 is 2.48 bits per heavy atom. The summed E-state index contributed by atoms with van der Waals surface area (Å²) >= 11 is 0. The lowest BCUT2D eigenvalue weighted by Gasteiger charge is -2.33. The molecule has 6 nitrogen and oxygen atoms in total. The smallest absolute Gasteiger partial charge is 0.317 e. The number of carbonyl (C=O) groups is 1. The van der Waals surface area contributed by atoms with Gasteiger partial charge in [0.15, 0.2) is 0 Å². The van der Waals surface area contributed by atoms with Crippen molar-refractivity contribution in [3.05, 3.63) is 29.6 Å². The van der Waals surface area contributed by atoms with Gasteiger partial charge < -0.3 is 5.11 Å². The van der Waals surface area contributed by atoms with E-state index in [2.05, 4.69) is 0 Å². The molecule has 1 aliphatic rings. The van der Waals surface area contributed by atoms with E-state index < -0.39 is 21.8 Å². The van der Waals surface area contributed by atoms with Crippen LogP contribution in [0.25, 0.3) is 0 Å². The standard InChI is InChI=1S/C13H17FN2O4S/c1-10-2-3-11(14)12(8-10)21(19,20)16-6-4-15(5-7-16)9-13(17)18/h2-3,8H,4-7,9H2,1H3,(H,17,18). The van der Waals surface area contributed by atoms with Gasteiger partial charge in [0.2, 0.25) is 10.0 Å². The van der Waals surface area contributed by atoms with Crippen LogP contribution in [0.5, 0.6) is 0 Å². The van der Waals surface area contributed by atoms with E-state index in [1.54, 1.807) is 11.8 Å². The largest absolute Gasteiger partial charge is 0.480 e. The van der Waals surface area contributed by atoms with Gasteiger partial charge in [-0.3, -0.25) is 9.69 Å². The van der Waals surface area contributed by atoms with Crippen LogP contribution >= 0.6 is 0 Å². The Labute approximate surface area is 122 Å². The normalized spacial score (nSPS) is 17.8. The molecule has 0 radical (unpaired) electrons. The SMILES string of the molecule is Cc1ccc(F)c(S(=O)(=O)N2CCN(CC(=O)O)CC2)c1. The lowest BCUT2D eigenvalue weighted by Crippen LogP contribution is -2.49. The molecular weight excluding hydrogens is 299 g/mol. The molecule has 1 saturated heterocycles. The summed E-state index contributed by atoms with van der Waals surface area (Å²) in [6, 6.07) is 3.97. The quantitative estimate of drug-likeness (QED) is 0.876. The predicted octanol–water partition coefficient (Wildman–Crippen LogP) is 0.525. The number of piperazine rings is 1. The number of aliphatic carboxylic acids is 1. The second-order valence-electron chi connectivity index (χ2n) is 5.01. The molecular formula is C13H17FN2O4S. The number of aryl methyl sites for hydroxylation is 1. The van der Waals surface area contributed by atoms with Crippen LogP contribution in [-0.2, 0) is 14.8 Å². The minimum absolute atomic E-state index is 0.118. The zero-order chi connectivity index (χ0) is 15.6. The summed E-state index contributed by atoms with van der Waals surface area (Å²) in [5.74, 6) is -1.72. The first-order chi connectivity index (χ1) is 9.80.